The molecule has 2 nitrogen and oxygen atoms in total. The lowest BCUT2D eigenvalue weighted by atomic mass is 9.55. The Balaban J connectivity index is 1.79. The monoisotopic (exact) mass is 267 g/mol. The molecule has 19 heavy (non-hydrogen) atoms. The van der Waals surface area contributed by atoms with Gasteiger partial charge in [0.25, 0.3) is 0 Å². The van der Waals surface area contributed by atoms with Crippen LogP contribution >= 0.6 is 0 Å². The molecule has 0 amide bonds. The van der Waals surface area contributed by atoms with E-state index in [2.05, 4.69) is 13.8 Å². The summed E-state index contributed by atoms with van der Waals surface area (Å²) in [7, 11) is 0. The molecule has 2 N–H and O–H groups in total. The van der Waals surface area contributed by atoms with Gasteiger partial charge in [-0.15, -0.1) is 0 Å². The molecule has 112 valence electrons. The minimum Gasteiger partial charge on any atom is -0.377 e. The largest absolute Gasteiger partial charge is 0.377 e. The van der Waals surface area contributed by atoms with Gasteiger partial charge in [-0.3, -0.25) is 0 Å². The summed E-state index contributed by atoms with van der Waals surface area (Å²) in [6.45, 7) is 5.54. The van der Waals surface area contributed by atoms with Gasteiger partial charge in [0.2, 0.25) is 0 Å². The van der Waals surface area contributed by atoms with Crippen LogP contribution in [-0.4, -0.2) is 18.8 Å². The third-order valence-electron chi connectivity index (χ3n) is 5.71. The van der Waals surface area contributed by atoms with Crippen LogP contribution in [0.15, 0.2) is 0 Å². The molecule has 2 rings (SSSR count). The molecule has 2 aliphatic rings. The number of hydrogen-bond acceptors (Lipinski definition) is 2. The fraction of sp³-hybridized carbons (Fsp3) is 1.00. The lowest BCUT2D eigenvalue weighted by molar-refractivity contribution is -0.150. The Bertz CT molecular complexity index is 260. The van der Waals surface area contributed by atoms with Crippen LogP contribution in [0.25, 0.3) is 0 Å². The highest BCUT2D eigenvalue weighted by atomic mass is 16.5. The molecule has 3 atom stereocenters. The van der Waals surface area contributed by atoms with E-state index in [-0.39, 0.29) is 0 Å². The van der Waals surface area contributed by atoms with Gasteiger partial charge in [0.15, 0.2) is 0 Å². The highest BCUT2D eigenvalue weighted by Crippen LogP contribution is 2.52. The van der Waals surface area contributed by atoms with Crippen LogP contribution in [0.2, 0.25) is 0 Å². The average Bonchev–Trinajstić information content (AvgIpc) is 2.47. The number of unbranched alkanes of at least 4 members (excludes halogenated alkanes) is 1. The predicted molar refractivity (Wildman–Crippen MR) is 81.2 cm³/mol. The molecule has 2 heteroatoms. The molecule has 2 aliphatic carbocycles. The van der Waals surface area contributed by atoms with Crippen molar-refractivity contribution in [1.29, 1.82) is 0 Å². The van der Waals surface area contributed by atoms with E-state index in [1.165, 1.54) is 57.8 Å². The molecule has 0 bridgehead atoms. The van der Waals surface area contributed by atoms with Gasteiger partial charge in [-0.2, -0.15) is 0 Å². The molecule has 0 aromatic carbocycles. The standard InChI is InChI=1S/C17H33NO/c1-3-5-9-14(4-2)13-19-16-12-15(18)17(16)10-7-6-8-11-17/h14-16H,3-13,18H2,1-2H3. The van der Waals surface area contributed by atoms with Gasteiger partial charge in [0, 0.05) is 18.1 Å². The Hall–Kier alpha value is -0.0800. The summed E-state index contributed by atoms with van der Waals surface area (Å²) >= 11 is 0. The predicted octanol–water partition coefficient (Wildman–Crippen LogP) is 4.27. The molecule has 0 aliphatic heterocycles. The molecule has 0 saturated heterocycles. The third kappa shape index (κ3) is 3.33. The molecule has 0 heterocycles. The summed E-state index contributed by atoms with van der Waals surface area (Å²) in [5.74, 6) is 0.761. The number of nitrogens with two attached hydrogens (primary N) is 1. The second-order valence-electron chi connectivity index (χ2n) is 6.87. The summed E-state index contributed by atoms with van der Waals surface area (Å²) in [6, 6.07) is 0.411. The first-order chi connectivity index (χ1) is 9.23. The molecule has 1 spiro atoms. The second kappa shape index (κ2) is 7.08. The van der Waals surface area contributed by atoms with Crippen molar-refractivity contribution in [2.75, 3.05) is 6.61 Å². The van der Waals surface area contributed by atoms with Crippen molar-refractivity contribution >= 4 is 0 Å². The van der Waals surface area contributed by atoms with E-state index in [0.717, 1.165) is 18.9 Å². The highest BCUT2D eigenvalue weighted by molar-refractivity contribution is 5.07. The van der Waals surface area contributed by atoms with E-state index in [1.54, 1.807) is 0 Å². The van der Waals surface area contributed by atoms with Crippen molar-refractivity contribution in [2.45, 2.75) is 90.2 Å². The fourth-order valence-corrected chi connectivity index (χ4v) is 4.07. The van der Waals surface area contributed by atoms with Crippen LogP contribution in [0.5, 0.6) is 0 Å². The Morgan fingerprint density at radius 3 is 2.53 bits per heavy atom. The van der Waals surface area contributed by atoms with Gasteiger partial charge in [-0.05, 0) is 31.6 Å². The van der Waals surface area contributed by atoms with Gasteiger partial charge < -0.3 is 10.5 Å². The van der Waals surface area contributed by atoms with Gasteiger partial charge in [-0.1, -0.05) is 52.4 Å². The Kier molecular flexibility index (Phi) is 5.70. The van der Waals surface area contributed by atoms with Crippen LogP contribution in [-0.2, 0) is 4.74 Å². The van der Waals surface area contributed by atoms with E-state index < -0.39 is 0 Å². The van der Waals surface area contributed by atoms with Gasteiger partial charge >= 0.3 is 0 Å². The summed E-state index contributed by atoms with van der Waals surface area (Å²) in [4.78, 5) is 0. The van der Waals surface area contributed by atoms with Crippen molar-refractivity contribution in [1.82, 2.24) is 0 Å². The Morgan fingerprint density at radius 1 is 1.21 bits per heavy atom. The smallest absolute Gasteiger partial charge is 0.0661 e. The molecule has 3 unspecified atom stereocenters. The minimum absolute atomic E-state index is 0.362. The van der Waals surface area contributed by atoms with Crippen LogP contribution in [0.1, 0.15) is 78.1 Å². The number of ether oxygens (including phenoxy) is 1. The minimum atomic E-state index is 0.362. The van der Waals surface area contributed by atoms with Crippen molar-refractivity contribution in [2.24, 2.45) is 17.1 Å². The first kappa shape index (κ1) is 15.3. The lowest BCUT2D eigenvalue weighted by Crippen LogP contribution is -2.63. The topological polar surface area (TPSA) is 35.2 Å². The maximum Gasteiger partial charge on any atom is 0.0661 e. The molecular weight excluding hydrogens is 234 g/mol. The van der Waals surface area contributed by atoms with Crippen LogP contribution in [0.4, 0.5) is 0 Å². The van der Waals surface area contributed by atoms with E-state index in [9.17, 15) is 0 Å². The van der Waals surface area contributed by atoms with Crippen molar-refractivity contribution < 1.29 is 4.74 Å². The van der Waals surface area contributed by atoms with E-state index in [4.69, 9.17) is 10.5 Å². The maximum atomic E-state index is 6.32. The summed E-state index contributed by atoms with van der Waals surface area (Å²) in [6.07, 6.45) is 13.5. The zero-order valence-electron chi connectivity index (χ0n) is 13.0. The lowest BCUT2D eigenvalue weighted by Gasteiger charge is -2.56. The molecule has 2 saturated carbocycles. The maximum absolute atomic E-state index is 6.32. The van der Waals surface area contributed by atoms with Crippen molar-refractivity contribution in [3.63, 3.8) is 0 Å². The molecule has 0 radical (unpaired) electrons. The summed E-state index contributed by atoms with van der Waals surface area (Å²) < 4.78 is 6.31. The summed E-state index contributed by atoms with van der Waals surface area (Å²) in [5.41, 5.74) is 6.68. The Labute approximate surface area is 119 Å². The van der Waals surface area contributed by atoms with Gasteiger partial charge in [0.1, 0.15) is 0 Å². The van der Waals surface area contributed by atoms with Gasteiger partial charge in [-0.25, -0.2) is 0 Å². The SMILES string of the molecule is CCCCC(CC)COC1CC(N)C12CCCCC2. The molecule has 0 aromatic heterocycles. The first-order valence-electron chi connectivity index (χ1n) is 8.60. The molecular formula is C17H33NO. The summed E-state index contributed by atoms with van der Waals surface area (Å²) in [5, 5.41) is 0. The highest BCUT2D eigenvalue weighted by Gasteiger charge is 2.53. The number of rotatable bonds is 7. The zero-order chi connectivity index (χ0) is 13.7. The van der Waals surface area contributed by atoms with E-state index in [0.29, 0.717) is 17.6 Å². The van der Waals surface area contributed by atoms with Crippen LogP contribution in [0, 0.1) is 11.3 Å². The molecule has 2 fully saturated rings. The molecule has 0 aromatic rings. The normalized spacial score (nSPS) is 31.1. The Morgan fingerprint density at radius 2 is 1.95 bits per heavy atom. The average molecular weight is 267 g/mol. The van der Waals surface area contributed by atoms with Crippen molar-refractivity contribution in [3.05, 3.63) is 0 Å². The first-order valence-corrected chi connectivity index (χ1v) is 8.60. The van der Waals surface area contributed by atoms with E-state index in [1.807, 2.05) is 0 Å². The second-order valence-corrected chi connectivity index (χ2v) is 6.87. The zero-order valence-corrected chi connectivity index (χ0v) is 13.0. The fourth-order valence-electron chi connectivity index (χ4n) is 4.07. The number of hydrogen-bond donors (Lipinski definition) is 1. The van der Waals surface area contributed by atoms with Crippen LogP contribution < -0.4 is 5.73 Å². The quantitative estimate of drug-likeness (QED) is 0.747. The van der Waals surface area contributed by atoms with Gasteiger partial charge in [0.05, 0.1) is 6.10 Å². The van der Waals surface area contributed by atoms with Crippen LogP contribution in [0.3, 0.4) is 0 Å². The third-order valence-corrected chi connectivity index (χ3v) is 5.71. The van der Waals surface area contributed by atoms with Crippen molar-refractivity contribution in [3.8, 4) is 0 Å². The van der Waals surface area contributed by atoms with E-state index >= 15 is 0 Å².